The van der Waals surface area contributed by atoms with E-state index in [1.54, 1.807) is 0 Å². The normalized spacial score (nSPS) is 11.7. The third-order valence-electron chi connectivity index (χ3n) is 2.91. The van der Waals surface area contributed by atoms with Gasteiger partial charge < -0.3 is 19.9 Å². The summed E-state index contributed by atoms with van der Waals surface area (Å²) in [6.07, 6.45) is 3.63. The van der Waals surface area contributed by atoms with Crippen molar-refractivity contribution in [1.29, 1.82) is 0 Å². The molecule has 0 heterocycles. The van der Waals surface area contributed by atoms with Crippen LogP contribution in [-0.4, -0.2) is 76.9 Å². The first-order chi connectivity index (χ1) is 8.66. The first kappa shape index (κ1) is 17.8. The molecule has 0 aliphatic heterocycles. The minimum Gasteiger partial charge on any atom is -0.382 e. The Labute approximate surface area is 114 Å². The van der Waals surface area contributed by atoms with Gasteiger partial charge in [0.2, 0.25) is 0 Å². The first-order valence-electron chi connectivity index (χ1n) is 7.28. The minimum absolute atomic E-state index is 0.838. The van der Waals surface area contributed by atoms with Crippen molar-refractivity contribution in [3.63, 3.8) is 0 Å². The second kappa shape index (κ2) is 13.3. The zero-order chi connectivity index (χ0) is 13.6. The van der Waals surface area contributed by atoms with Crippen molar-refractivity contribution in [3.05, 3.63) is 0 Å². The van der Waals surface area contributed by atoms with E-state index in [0.717, 1.165) is 32.8 Å². The van der Waals surface area contributed by atoms with Gasteiger partial charge in [-0.05, 0) is 67.0 Å². The quantitative estimate of drug-likeness (QED) is 0.504. The molecule has 0 aliphatic carbocycles. The fraction of sp³-hybridized carbons (Fsp3) is 1.00. The van der Waals surface area contributed by atoms with Crippen LogP contribution in [0.15, 0.2) is 0 Å². The van der Waals surface area contributed by atoms with Gasteiger partial charge in [-0.15, -0.1) is 0 Å². The summed E-state index contributed by atoms with van der Waals surface area (Å²) in [7, 11) is 6.46. The topological polar surface area (TPSA) is 27.7 Å². The molecule has 0 aromatic rings. The Morgan fingerprint density at radius 1 is 0.889 bits per heavy atom. The highest BCUT2D eigenvalue weighted by Gasteiger charge is 1.98. The molecule has 0 saturated carbocycles. The molecule has 0 amide bonds. The standard InChI is InChI=1S/C14H33N3O/c1-5-18-14-7-6-9-15-10-13-17(4)12-8-11-16(2)3/h15H,5-14H2,1-4H3. The molecule has 0 bridgehead atoms. The average Bonchev–Trinajstić information content (AvgIpc) is 2.32. The van der Waals surface area contributed by atoms with Crippen LogP contribution in [0.2, 0.25) is 0 Å². The summed E-state index contributed by atoms with van der Waals surface area (Å²) >= 11 is 0. The van der Waals surface area contributed by atoms with Gasteiger partial charge in [0, 0.05) is 26.3 Å². The molecule has 0 aliphatic rings. The third kappa shape index (κ3) is 13.9. The van der Waals surface area contributed by atoms with Gasteiger partial charge in [0.25, 0.3) is 0 Å². The van der Waals surface area contributed by atoms with Gasteiger partial charge in [0.1, 0.15) is 0 Å². The molecule has 0 radical (unpaired) electrons. The van der Waals surface area contributed by atoms with Gasteiger partial charge in [-0.3, -0.25) is 0 Å². The van der Waals surface area contributed by atoms with E-state index in [2.05, 4.69) is 36.3 Å². The van der Waals surface area contributed by atoms with Crippen LogP contribution in [0.5, 0.6) is 0 Å². The molecular formula is C14H33N3O. The maximum absolute atomic E-state index is 5.30. The second-order valence-electron chi connectivity index (χ2n) is 5.11. The molecule has 0 fully saturated rings. The van der Waals surface area contributed by atoms with Crippen LogP contribution in [0.1, 0.15) is 26.2 Å². The number of hydrogen-bond acceptors (Lipinski definition) is 4. The summed E-state index contributed by atoms with van der Waals surface area (Å²) in [4.78, 5) is 4.64. The summed E-state index contributed by atoms with van der Waals surface area (Å²) in [5.41, 5.74) is 0. The smallest absolute Gasteiger partial charge is 0.0466 e. The number of likely N-dealkylation sites (N-methyl/N-ethyl adjacent to an activating group) is 1. The second-order valence-corrected chi connectivity index (χ2v) is 5.11. The van der Waals surface area contributed by atoms with E-state index >= 15 is 0 Å². The van der Waals surface area contributed by atoms with Crippen LogP contribution in [0.4, 0.5) is 0 Å². The lowest BCUT2D eigenvalue weighted by molar-refractivity contribution is 0.143. The zero-order valence-electron chi connectivity index (χ0n) is 12.9. The maximum Gasteiger partial charge on any atom is 0.0466 e. The molecule has 0 rings (SSSR count). The van der Waals surface area contributed by atoms with Crippen LogP contribution >= 0.6 is 0 Å². The van der Waals surface area contributed by atoms with Crippen LogP contribution < -0.4 is 5.32 Å². The number of ether oxygens (including phenoxy) is 1. The molecule has 0 unspecified atom stereocenters. The van der Waals surface area contributed by atoms with Crippen LogP contribution in [-0.2, 0) is 4.74 Å². The Kier molecular flexibility index (Phi) is 13.2. The predicted octanol–water partition coefficient (Wildman–Crippen LogP) is 1.28. The largest absolute Gasteiger partial charge is 0.382 e. The van der Waals surface area contributed by atoms with E-state index in [0.29, 0.717) is 0 Å². The number of unbranched alkanes of at least 4 members (excludes halogenated alkanes) is 1. The fourth-order valence-electron chi connectivity index (χ4n) is 1.76. The van der Waals surface area contributed by atoms with Crippen molar-refractivity contribution in [1.82, 2.24) is 15.1 Å². The molecule has 110 valence electrons. The molecular weight excluding hydrogens is 226 g/mol. The van der Waals surface area contributed by atoms with E-state index in [9.17, 15) is 0 Å². The first-order valence-corrected chi connectivity index (χ1v) is 7.28. The highest BCUT2D eigenvalue weighted by atomic mass is 16.5. The van der Waals surface area contributed by atoms with Crippen molar-refractivity contribution >= 4 is 0 Å². The van der Waals surface area contributed by atoms with Gasteiger partial charge in [-0.2, -0.15) is 0 Å². The van der Waals surface area contributed by atoms with E-state index < -0.39 is 0 Å². The number of hydrogen-bond donors (Lipinski definition) is 1. The molecule has 0 aromatic heterocycles. The molecule has 0 saturated heterocycles. The summed E-state index contributed by atoms with van der Waals surface area (Å²) < 4.78 is 5.30. The van der Waals surface area contributed by atoms with E-state index in [-0.39, 0.29) is 0 Å². The molecule has 4 nitrogen and oxygen atoms in total. The molecule has 1 N–H and O–H groups in total. The lowest BCUT2D eigenvalue weighted by atomic mass is 10.3. The lowest BCUT2D eigenvalue weighted by Crippen LogP contribution is -2.31. The Morgan fingerprint density at radius 2 is 1.67 bits per heavy atom. The Balaban J connectivity index is 3.12. The minimum atomic E-state index is 0.838. The van der Waals surface area contributed by atoms with Crippen molar-refractivity contribution < 1.29 is 4.74 Å². The number of nitrogens with one attached hydrogen (secondary N) is 1. The molecule has 0 spiro atoms. The average molecular weight is 259 g/mol. The van der Waals surface area contributed by atoms with Crippen molar-refractivity contribution in [3.8, 4) is 0 Å². The van der Waals surface area contributed by atoms with Gasteiger partial charge in [0.05, 0.1) is 0 Å². The molecule has 0 atom stereocenters. The van der Waals surface area contributed by atoms with Gasteiger partial charge >= 0.3 is 0 Å². The predicted molar refractivity (Wildman–Crippen MR) is 79.3 cm³/mol. The summed E-state index contributed by atoms with van der Waals surface area (Å²) in [5, 5.41) is 3.48. The molecule has 4 heteroatoms. The third-order valence-corrected chi connectivity index (χ3v) is 2.91. The molecule has 0 aromatic carbocycles. The van der Waals surface area contributed by atoms with Crippen LogP contribution in [0.25, 0.3) is 0 Å². The van der Waals surface area contributed by atoms with Crippen molar-refractivity contribution in [2.75, 3.05) is 67.1 Å². The zero-order valence-corrected chi connectivity index (χ0v) is 12.9. The number of rotatable bonds is 13. The van der Waals surface area contributed by atoms with E-state index in [4.69, 9.17) is 4.74 Å². The van der Waals surface area contributed by atoms with E-state index in [1.807, 2.05) is 6.92 Å². The molecule has 18 heavy (non-hydrogen) atoms. The van der Waals surface area contributed by atoms with Gasteiger partial charge in [-0.25, -0.2) is 0 Å². The van der Waals surface area contributed by atoms with Gasteiger partial charge in [-0.1, -0.05) is 0 Å². The van der Waals surface area contributed by atoms with Crippen molar-refractivity contribution in [2.24, 2.45) is 0 Å². The SMILES string of the molecule is CCOCCCCNCCN(C)CCCN(C)C. The van der Waals surface area contributed by atoms with Crippen molar-refractivity contribution in [2.45, 2.75) is 26.2 Å². The summed E-state index contributed by atoms with van der Waals surface area (Å²) in [5.74, 6) is 0. The summed E-state index contributed by atoms with van der Waals surface area (Å²) in [6.45, 7) is 9.49. The fourth-order valence-corrected chi connectivity index (χ4v) is 1.76. The Hall–Kier alpha value is -0.160. The Morgan fingerprint density at radius 3 is 2.33 bits per heavy atom. The Bertz CT molecular complexity index is 165. The van der Waals surface area contributed by atoms with E-state index in [1.165, 1.54) is 32.4 Å². The van der Waals surface area contributed by atoms with Gasteiger partial charge in [0.15, 0.2) is 0 Å². The van der Waals surface area contributed by atoms with Crippen LogP contribution in [0, 0.1) is 0 Å². The summed E-state index contributed by atoms with van der Waals surface area (Å²) in [6, 6.07) is 0. The lowest BCUT2D eigenvalue weighted by Gasteiger charge is -2.18. The number of nitrogens with zero attached hydrogens (tertiary/aromatic N) is 2. The monoisotopic (exact) mass is 259 g/mol. The maximum atomic E-state index is 5.30. The highest BCUT2D eigenvalue weighted by Crippen LogP contribution is 1.90. The highest BCUT2D eigenvalue weighted by molar-refractivity contribution is 4.56. The van der Waals surface area contributed by atoms with Crippen LogP contribution in [0.3, 0.4) is 0 Å².